The summed E-state index contributed by atoms with van der Waals surface area (Å²) in [4.78, 5) is 11.7. The topological polar surface area (TPSA) is 50.4 Å². The predicted octanol–water partition coefficient (Wildman–Crippen LogP) is 2.74. The molecule has 2 N–H and O–H groups in total. The van der Waals surface area contributed by atoms with Gasteiger partial charge in [-0.2, -0.15) is 8.78 Å². The summed E-state index contributed by atoms with van der Waals surface area (Å²) in [5, 5.41) is 5.54. The van der Waals surface area contributed by atoms with Crippen LogP contribution in [0, 0.1) is 5.92 Å². The van der Waals surface area contributed by atoms with Gasteiger partial charge in [-0.05, 0) is 25.2 Å². The summed E-state index contributed by atoms with van der Waals surface area (Å²) in [6, 6.07) is 4.10. The van der Waals surface area contributed by atoms with Crippen molar-refractivity contribution in [3.8, 4) is 5.75 Å². The van der Waals surface area contributed by atoms with Gasteiger partial charge in [0.05, 0.1) is 5.02 Å². The SMILES string of the molecule is CNCC(C)C(=O)Nc1ccc(OC(F)F)c(Cl)c1. The van der Waals surface area contributed by atoms with Crippen LogP contribution in [0.2, 0.25) is 5.02 Å². The van der Waals surface area contributed by atoms with Crippen LogP contribution in [0.25, 0.3) is 0 Å². The minimum atomic E-state index is -2.94. The minimum Gasteiger partial charge on any atom is -0.433 e. The summed E-state index contributed by atoms with van der Waals surface area (Å²) in [6.07, 6.45) is 0. The van der Waals surface area contributed by atoms with E-state index in [1.54, 1.807) is 14.0 Å². The van der Waals surface area contributed by atoms with Crippen LogP contribution in [0.3, 0.4) is 0 Å². The van der Waals surface area contributed by atoms with E-state index < -0.39 is 6.61 Å². The number of benzene rings is 1. The van der Waals surface area contributed by atoms with E-state index in [-0.39, 0.29) is 22.6 Å². The van der Waals surface area contributed by atoms with Crippen molar-refractivity contribution in [2.75, 3.05) is 18.9 Å². The van der Waals surface area contributed by atoms with Crippen molar-refractivity contribution >= 4 is 23.2 Å². The highest BCUT2D eigenvalue weighted by Crippen LogP contribution is 2.29. The molecule has 0 aliphatic heterocycles. The number of carbonyl (C=O) groups is 1. The van der Waals surface area contributed by atoms with Crippen molar-refractivity contribution in [1.29, 1.82) is 0 Å². The maximum absolute atomic E-state index is 12.0. The minimum absolute atomic E-state index is 0.0133. The number of anilines is 1. The van der Waals surface area contributed by atoms with E-state index in [1.165, 1.54) is 18.2 Å². The smallest absolute Gasteiger partial charge is 0.387 e. The van der Waals surface area contributed by atoms with Crippen LogP contribution in [0.4, 0.5) is 14.5 Å². The highest BCUT2D eigenvalue weighted by atomic mass is 35.5. The fourth-order valence-electron chi connectivity index (χ4n) is 1.43. The Bertz CT molecular complexity index is 444. The summed E-state index contributed by atoms with van der Waals surface area (Å²) in [6.45, 7) is -0.637. The highest BCUT2D eigenvalue weighted by molar-refractivity contribution is 6.32. The molecule has 106 valence electrons. The van der Waals surface area contributed by atoms with E-state index in [2.05, 4.69) is 15.4 Å². The number of nitrogens with one attached hydrogen (secondary N) is 2. The molecular weight excluding hydrogens is 278 g/mol. The number of ether oxygens (including phenoxy) is 1. The summed E-state index contributed by atoms with van der Waals surface area (Å²) in [5.41, 5.74) is 0.430. The van der Waals surface area contributed by atoms with Gasteiger partial charge in [-0.1, -0.05) is 18.5 Å². The van der Waals surface area contributed by atoms with Crippen molar-refractivity contribution < 1.29 is 18.3 Å². The molecule has 1 aromatic rings. The largest absolute Gasteiger partial charge is 0.433 e. The highest BCUT2D eigenvalue weighted by Gasteiger charge is 2.13. The van der Waals surface area contributed by atoms with Crippen molar-refractivity contribution in [3.05, 3.63) is 23.2 Å². The second kappa shape index (κ2) is 7.25. The third-order valence-corrected chi connectivity index (χ3v) is 2.67. The second-order valence-corrected chi connectivity index (χ2v) is 4.38. The Kier molecular flexibility index (Phi) is 5.98. The van der Waals surface area contributed by atoms with Crippen LogP contribution in [0.5, 0.6) is 5.75 Å². The molecule has 1 aromatic carbocycles. The summed E-state index contributed by atoms with van der Waals surface area (Å²) >= 11 is 5.78. The van der Waals surface area contributed by atoms with Crippen LogP contribution >= 0.6 is 11.6 Å². The number of hydrogen-bond donors (Lipinski definition) is 2. The van der Waals surface area contributed by atoms with Gasteiger partial charge >= 0.3 is 6.61 Å². The molecule has 0 aromatic heterocycles. The fraction of sp³-hybridized carbons (Fsp3) is 0.417. The van der Waals surface area contributed by atoms with Gasteiger partial charge in [0.15, 0.2) is 0 Å². The van der Waals surface area contributed by atoms with E-state index in [0.29, 0.717) is 12.2 Å². The molecule has 1 unspecified atom stereocenters. The van der Waals surface area contributed by atoms with E-state index in [0.717, 1.165) is 0 Å². The molecule has 1 amide bonds. The second-order valence-electron chi connectivity index (χ2n) is 3.97. The van der Waals surface area contributed by atoms with Gasteiger partial charge in [-0.25, -0.2) is 0 Å². The monoisotopic (exact) mass is 292 g/mol. The summed E-state index contributed by atoms with van der Waals surface area (Å²) in [7, 11) is 1.75. The van der Waals surface area contributed by atoms with Crippen LogP contribution in [-0.4, -0.2) is 26.1 Å². The number of halogens is 3. The number of amides is 1. The van der Waals surface area contributed by atoms with Crippen LogP contribution in [0.1, 0.15) is 6.92 Å². The maximum atomic E-state index is 12.0. The van der Waals surface area contributed by atoms with Gasteiger partial charge in [0.25, 0.3) is 0 Å². The molecule has 0 aliphatic carbocycles. The zero-order valence-electron chi connectivity index (χ0n) is 10.5. The van der Waals surface area contributed by atoms with Crippen LogP contribution < -0.4 is 15.4 Å². The first kappa shape index (κ1) is 15.7. The average molecular weight is 293 g/mol. The molecule has 0 aliphatic rings. The first-order valence-electron chi connectivity index (χ1n) is 5.64. The van der Waals surface area contributed by atoms with Crippen LogP contribution in [0.15, 0.2) is 18.2 Å². The Hall–Kier alpha value is -1.40. The third kappa shape index (κ3) is 5.00. The van der Waals surface area contributed by atoms with Crippen molar-refractivity contribution in [2.24, 2.45) is 5.92 Å². The quantitative estimate of drug-likeness (QED) is 0.847. The van der Waals surface area contributed by atoms with E-state index in [1.807, 2.05) is 0 Å². The first-order valence-corrected chi connectivity index (χ1v) is 6.01. The van der Waals surface area contributed by atoms with Gasteiger partial charge in [0.2, 0.25) is 5.91 Å². The first-order chi connectivity index (χ1) is 8.93. The lowest BCUT2D eigenvalue weighted by Crippen LogP contribution is -2.28. The number of rotatable bonds is 6. The third-order valence-electron chi connectivity index (χ3n) is 2.37. The number of carbonyl (C=O) groups excluding carboxylic acids is 1. The molecule has 0 heterocycles. The van der Waals surface area contributed by atoms with Crippen molar-refractivity contribution in [1.82, 2.24) is 5.32 Å². The summed E-state index contributed by atoms with van der Waals surface area (Å²) in [5.74, 6) is -0.536. The molecule has 7 heteroatoms. The van der Waals surface area contributed by atoms with E-state index >= 15 is 0 Å². The number of alkyl halides is 2. The summed E-state index contributed by atoms with van der Waals surface area (Å²) < 4.78 is 28.3. The van der Waals surface area contributed by atoms with E-state index in [4.69, 9.17) is 11.6 Å². The predicted molar refractivity (Wildman–Crippen MR) is 69.8 cm³/mol. The lowest BCUT2D eigenvalue weighted by atomic mass is 10.1. The molecule has 0 saturated heterocycles. The maximum Gasteiger partial charge on any atom is 0.387 e. The fourth-order valence-corrected chi connectivity index (χ4v) is 1.66. The molecular formula is C12H15ClF2N2O2. The van der Waals surface area contributed by atoms with Crippen LogP contribution in [-0.2, 0) is 4.79 Å². The van der Waals surface area contributed by atoms with Gasteiger partial charge in [0, 0.05) is 18.2 Å². The van der Waals surface area contributed by atoms with Gasteiger partial charge < -0.3 is 15.4 Å². The van der Waals surface area contributed by atoms with Gasteiger partial charge in [-0.3, -0.25) is 4.79 Å². The van der Waals surface area contributed by atoms with E-state index in [9.17, 15) is 13.6 Å². The zero-order valence-corrected chi connectivity index (χ0v) is 11.3. The standard InChI is InChI=1S/C12H15ClF2N2O2/c1-7(6-16-2)11(18)17-8-3-4-10(9(13)5-8)19-12(14)15/h3-5,7,12,16H,6H2,1-2H3,(H,17,18). The molecule has 1 rings (SSSR count). The Morgan fingerprint density at radius 2 is 2.16 bits per heavy atom. The van der Waals surface area contributed by atoms with Gasteiger partial charge in [0.1, 0.15) is 5.75 Å². The lowest BCUT2D eigenvalue weighted by molar-refractivity contribution is -0.119. The zero-order chi connectivity index (χ0) is 14.4. The van der Waals surface area contributed by atoms with Crippen molar-refractivity contribution in [2.45, 2.75) is 13.5 Å². The molecule has 4 nitrogen and oxygen atoms in total. The molecule has 19 heavy (non-hydrogen) atoms. The Morgan fingerprint density at radius 1 is 1.47 bits per heavy atom. The Labute approximate surface area is 115 Å². The van der Waals surface area contributed by atoms with Crippen molar-refractivity contribution in [3.63, 3.8) is 0 Å². The Balaban J connectivity index is 2.70. The normalized spacial score (nSPS) is 12.3. The number of hydrogen-bond acceptors (Lipinski definition) is 3. The lowest BCUT2D eigenvalue weighted by Gasteiger charge is -2.13. The molecule has 0 radical (unpaired) electrons. The molecule has 0 bridgehead atoms. The molecule has 0 saturated carbocycles. The molecule has 0 spiro atoms. The molecule has 0 fully saturated rings. The van der Waals surface area contributed by atoms with Gasteiger partial charge in [-0.15, -0.1) is 0 Å². The Morgan fingerprint density at radius 3 is 2.68 bits per heavy atom. The average Bonchev–Trinajstić information content (AvgIpc) is 2.32. The molecule has 1 atom stereocenters.